The average Bonchev–Trinajstić information content (AvgIpc) is 0.988. The third kappa shape index (κ3) is 92.8. The Morgan fingerprint density at radius 2 is 0.786 bits per heavy atom. The quantitative estimate of drug-likeness (QED) is 0.0239. The van der Waals surface area contributed by atoms with E-state index in [1.807, 2.05) is 7.05 Å². The molecule has 4 amide bonds. The largest absolute Gasteiger partial charge is 0.481 e. The monoisotopic (exact) mass is 1740 g/mol. The second kappa shape index (κ2) is 59.2. The number of amides is 4. The van der Waals surface area contributed by atoms with Crippen molar-refractivity contribution < 1.29 is 207 Å². The molecule has 3 radical (unpaired) electrons. The van der Waals surface area contributed by atoms with Gasteiger partial charge >= 0.3 is 52.8 Å². The molecule has 0 aliphatic heterocycles. The minimum absolute atomic E-state index is 0. The number of nitrogens with two attached hydrogens (primary N) is 3. The zero-order valence-electron chi connectivity index (χ0n) is 60.8. The minimum atomic E-state index is -4.06. The Hall–Kier alpha value is -3.19. The molecule has 98 heavy (non-hydrogen) atoms. The standard InChI is InChI=1S/C16H29N3O5.C11H20N2O4S.C7H16N3O4P.C6H14N3O5P.C6H13N3O.C5H11NO.CH4ClO3P.3Y/c1-11(20)9-10-19(8)12(17-13(21)23-15(2,3)4)18-14(22)24-16(5,6)7;1-10(2,3)16-8(14)12-7(18)13-9(15)17-11(4,5)6;1-6(11)4-5-10(2)7(8)9-15(12,13)14-3;1-9(4-3-5(10)11)6(7)8-15(12,13)14-2;1-5(10)3-4-9(2)6(7)8;1-5(7)3-4-6-2;1-5-6(2,3)4;;;/h9-10H2,1-8H3,(H,17,18,21,22);1-6H3,(H2,12,13,14,15,18);4-5H2,1-3H3,(H3,8,9,12,13);3-4H2,1-2H3,(H,10,11)(H3,7,8,12,13);3-4H2,1-2H3,(H3,7,8);6H,3-4H2,1-2H3;1H3,(H,3,4);;;. The van der Waals surface area contributed by atoms with E-state index < -0.39 is 75.2 Å². The summed E-state index contributed by atoms with van der Waals surface area (Å²) in [6.45, 7) is 25.0. The summed E-state index contributed by atoms with van der Waals surface area (Å²) < 4.78 is 70.6. The van der Waals surface area contributed by atoms with Gasteiger partial charge in [0, 0.05) is 217 Å². The second-order valence-corrected chi connectivity index (χ2v) is 29.2. The molecule has 0 bridgehead atoms. The van der Waals surface area contributed by atoms with Crippen molar-refractivity contribution in [1.82, 2.24) is 40.9 Å². The average molecular weight is 1740 g/mol. The molecule has 0 aromatic carbocycles. The van der Waals surface area contributed by atoms with Crippen LogP contribution in [0.25, 0.3) is 0 Å². The van der Waals surface area contributed by atoms with Crippen molar-refractivity contribution in [3.8, 4) is 0 Å². The number of carbonyl (C=O) groups is 9. The van der Waals surface area contributed by atoms with Crippen LogP contribution in [0.5, 0.6) is 0 Å². The van der Waals surface area contributed by atoms with E-state index in [9.17, 15) is 56.8 Å². The number of halogens is 1. The number of aliphatic imine (C=N–C) groups is 1. The Kier molecular flexibility index (Phi) is 70.1. The van der Waals surface area contributed by atoms with Gasteiger partial charge in [-0.15, -0.1) is 14.5 Å². The van der Waals surface area contributed by atoms with E-state index in [2.05, 4.69) is 60.6 Å². The van der Waals surface area contributed by atoms with Crippen LogP contribution in [0.1, 0.15) is 143 Å². The van der Waals surface area contributed by atoms with Crippen molar-refractivity contribution in [2.75, 3.05) is 89.3 Å². The summed E-state index contributed by atoms with van der Waals surface area (Å²) in [5.74, 6) is -1.06. The summed E-state index contributed by atoms with van der Waals surface area (Å²) in [7, 11) is 3.24. The summed E-state index contributed by atoms with van der Waals surface area (Å²) in [5.41, 5.74) is 13.2. The smallest absolute Gasteiger partial charge is 0.454 e. The first-order valence-corrected chi connectivity index (χ1v) is 33.9. The number of ether oxygens (including phenoxy) is 4. The Balaban J connectivity index is -0.000000119. The number of carbonyl (C=O) groups excluding carboxylic acids is 8. The molecular formula is C52H107ClN15O23P3SY3. The molecule has 0 spiro atoms. The van der Waals surface area contributed by atoms with Crippen LogP contribution in [0.2, 0.25) is 0 Å². The Morgan fingerprint density at radius 1 is 0.510 bits per heavy atom. The van der Waals surface area contributed by atoms with Crippen molar-refractivity contribution >= 4 is 128 Å². The maximum Gasteiger partial charge on any atom is 0.454 e. The number of carboxylic acid groups (broad SMARTS) is 1. The van der Waals surface area contributed by atoms with Gasteiger partial charge < -0.3 is 85.4 Å². The van der Waals surface area contributed by atoms with E-state index in [4.69, 9.17) is 73.6 Å². The number of nitrogens with zero attached hydrogens (tertiary/aromatic N) is 7. The number of guanidine groups is 4. The van der Waals surface area contributed by atoms with Crippen LogP contribution in [0.3, 0.4) is 0 Å². The van der Waals surface area contributed by atoms with Crippen LogP contribution in [-0.4, -0.2) is 234 Å². The molecule has 0 fully saturated rings. The van der Waals surface area contributed by atoms with Gasteiger partial charge in [0.2, 0.25) is 17.9 Å². The number of carboxylic acids is 1. The third-order valence-corrected chi connectivity index (χ3v) is 11.9. The van der Waals surface area contributed by atoms with Gasteiger partial charge in [-0.3, -0.25) is 54.4 Å². The SMILES string of the molecule is CC(=O)CCN(C)C(=N)N.CC(=O)CCN(C)C(=NC(=O)OC(C)(C)C)NC(=O)OC(C)(C)C.CC(C)(C)OC(=O)NC(=S)NC(=O)OC(C)(C)C.CNCCC(C)=O.COP(=O)(O)Cl.COP(=O)(O)N=C(N)N(C)CCC(=O)O.COP(=O)(O)N=C(N)N(C)CCC(C)=O.[Y].[Y].[Y]. The first-order chi connectivity index (χ1) is 42.5. The van der Waals surface area contributed by atoms with Gasteiger partial charge in [0.05, 0.1) is 6.42 Å². The molecule has 15 N–H and O–H groups in total. The van der Waals surface area contributed by atoms with Crippen LogP contribution < -0.4 is 38.5 Å². The van der Waals surface area contributed by atoms with Gasteiger partial charge in [0.25, 0.3) is 0 Å². The number of alkyl carbamates (subject to hydrolysis) is 3. The van der Waals surface area contributed by atoms with Gasteiger partial charge in [0.1, 0.15) is 45.5 Å². The molecule has 0 aromatic rings. The van der Waals surface area contributed by atoms with Crippen molar-refractivity contribution in [2.24, 2.45) is 31.7 Å². The number of hydrogen-bond acceptors (Lipinski definition) is 22. The predicted molar refractivity (Wildman–Crippen MR) is 364 cm³/mol. The Bertz CT molecular complexity index is 2610. The molecule has 3 unspecified atom stereocenters. The van der Waals surface area contributed by atoms with Gasteiger partial charge in [-0.25, -0.2) is 32.9 Å². The van der Waals surface area contributed by atoms with E-state index in [0.29, 0.717) is 32.4 Å². The van der Waals surface area contributed by atoms with E-state index >= 15 is 0 Å². The third-order valence-electron chi connectivity index (χ3n) is 8.93. The fraction of sp³-hybridized carbons (Fsp3) is 0.731. The zero-order chi connectivity index (χ0) is 76.9. The summed E-state index contributed by atoms with van der Waals surface area (Å²) in [6, 6.07) is 0. The number of Topliss-reactive ketones (excluding diaryl/α,β-unsaturated/α-hetero) is 4. The van der Waals surface area contributed by atoms with Gasteiger partial charge in [-0.05, 0) is 130 Å². The number of aliphatic carboxylic acids is 1. The zero-order valence-corrected chi connectivity index (χ0v) is 73.6. The fourth-order valence-corrected chi connectivity index (χ4v) is 5.44. The van der Waals surface area contributed by atoms with E-state index in [1.165, 1.54) is 47.4 Å². The number of ketones is 4. The molecule has 46 heteroatoms. The molecule has 0 saturated carbocycles. The van der Waals surface area contributed by atoms with Crippen molar-refractivity contribution in [2.45, 2.75) is 165 Å². The summed E-state index contributed by atoms with van der Waals surface area (Å²) in [6.07, 6.45) is -1.55. The first kappa shape index (κ1) is 116. The van der Waals surface area contributed by atoms with Gasteiger partial charge in [0.15, 0.2) is 11.1 Å². The Labute approximate surface area is 662 Å². The normalized spacial score (nSPS) is 12.8. The number of nitrogens with one attached hydrogen (secondary N) is 5. The number of hydrogen-bond donors (Lipinski definition) is 12. The molecule has 3 atom stereocenters. The second-order valence-electron chi connectivity index (χ2n) is 23.1. The topological polar surface area (TPSA) is 550 Å². The molecule has 0 heterocycles. The minimum Gasteiger partial charge on any atom is -0.481 e. The van der Waals surface area contributed by atoms with Crippen molar-refractivity contribution in [3.05, 3.63) is 0 Å². The Morgan fingerprint density at radius 3 is 1.02 bits per heavy atom. The van der Waals surface area contributed by atoms with Gasteiger partial charge in [-0.1, -0.05) is 0 Å². The predicted octanol–water partition coefficient (Wildman–Crippen LogP) is 5.39. The molecule has 38 nitrogen and oxygen atoms in total. The number of rotatable bonds is 20. The molecule has 0 rings (SSSR count). The summed E-state index contributed by atoms with van der Waals surface area (Å²) >= 11 is 9.37. The van der Waals surface area contributed by atoms with Crippen LogP contribution in [0, 0.1) is 5.41 Å². The van der Waals surface area contributed by atoms with E-state index in [-0.39, 0.29) is 176 Å². The molecule has 0 aliphatic rings. The van der Waals surface area contributed by atoms with E-state index in [1.54, 1.807) is 111 Å². The summed E-state index contributed by atoms with van der Waals surface area (Å²) in [5, 5.41) is 24.9. The van der Waals surface area contributed by atoms with E-state index in [0.717, 1.165) is 27.9 Å². The van der Waals surface area contributed by atoms with Crippen LogP contribution in [0.15, 0.2) is 14.5 Å². The van der Waals surface area contributed by atoms with Gasteiger partial charge in [-0.2, -0.15) is 0 Å². The fourth-order valence-electron chi connectivity index (χ4n) is 4.29. The number of thiocarbonyl (C=S) groups is 1. The molecule has 0 aliphatic carbocycles. The van der Waals surface area contributed by atoms with Crippen LogP contribution >= 0.6 is 45.9 Å². The van der Waals surface area contributed by atoms with Crippen LogP contribution in [-0.2, 0) is 168 Å². The molecule has 0 aromatic heterocycles. The first-order valence-electron chi connectivity index (χ1n) is 28.0. The molecule has 565 valence electrons. The maximum atomic E-state index is 11.9. The molecular weight excluding hydrogens is 1630 g/mol. The van der Waals surface area contributed by atoms with Crippen molar-refractivity contribution in [1.29, 1.82) is 5.41 Å². The van der Waals surface area contributed by atoms with Crippen LogP contribution in [0.4, 0.5) is 19.2 Å². The molecule has 0 saturated heterocycles. The van der Waals surface area contributed by atoms with Crippen molar-refractivity contribution in [3.63, 3.8) is 0 Å². The summed E-state index contributed by atoms with van der Waals surface area (Å²) in [4.78, 5) is 134. The maximum absolute atomic E-state index is 11.9.